The number of nitrogens with zero attached hydrogens (tertiary/aromatic N) is 3. The van der Waals surface area contributed by atoms with E-state index in [1.807, 2.05) is 12.1 Å². The second-order valence-corrected chi connectivity index (χ2v) is 14.0. The number of nitrogens with one attached hydrogen (secondary N) is 2. The fraction of sp³-hybridized carbons (Fsp3) is 0.462. The largest absolute Gasteiger partial charge is 0.354 e. The van der Waals surface area contributed by atoms with Crippen LogP contribution in [0.15, 0.2) is 72.9 Å². The minimum Gasteiger partial charge on any atom is -0.354 e. The third kappa shape index (κ3) is 7.31. The molecule has 1 aromatic heterocycles. The van der Waals surface area contributed by atoms with Gasteiger partial charge >= 0.3 is 0 Å². The number of piperidine rings is 1. The van der Waals surface area contributed by atoms with E-state index in [2.05, 4.69) is 73.7 Å². The van der Waals surface area contributed by atoms with E-state index < -0.39 is 5.54 Å². The van der Waals surface area contributed by atoms with Gasteiger partial charge in [0.05, 0.1) is 5.54 Å². The Hall–Kier alpha value is -3.56. The standard InChI is InChI=1S/C39H49FN6O/c40-36-8-2-1-5-33(36)27-45-23-21-44(22-24-45)26-29-9-14-37-34(25-29)35(32-12-10-31(11-13-32)30-6-3-7-30)28-46(37)20-4-17-43-38(47)39(41)15-18-42-19-16-39/h1-2,5,8-14,25,28,30,42H,3-4,6-7,15-24,26-27,41H2,(H,43,47). The van der Waals surface area contributed by atoms with Gasteiger partial charge in [-0.3, -0.25) is 14.6 Å². The molecule has 4 aromatic rings. The Morgan fingerprint density at radius 2 is 1.66 bits per heavy atom. The maximum Gasteiger partial charge on any atom is 0.240 e. The van der Waals surface area contributed by atoms with Gasteiger partial charge in [0, 0.05) is 80.6 Å². The highest BCUT2D eigenvalue weighted by Gasteiger charge is 2.34. The number of aromatic nitrogens is 1. The molecule has 3 heterocycles. The van der Waals surface area contributed by atoms with Crippen LogP contribution >= 0.6 is 0 Å². The normalized spacial score (nSPS) is 19.1. The van der Waals surface area contributed by atoms with E-state index in [-0.39, 0.29) is 11.7 Å². The minimum atomic E-state index is -0.757. The first-order valence-corrected chi connectivity index (χ1v) is 17.6. The molecule has 0 unspecified atom stereocenters. The predicted molar refractivity (Wildman–Crippen MR) is 188 cm³/mol. The van der Waals surface area contributed by atoms with Crippen LogP contribution in [0.1, 0.15) is 61.1 Å². The molecule has 47 heavy (non-hydrogen) atoms. The number of fused-ring (bicyclic) bond motifs is 1. The van der Waals surface area contributed by atoms with Gasteiger partial charge in [-0.25, -0.2) is 4.39 Å². The average molecular weight is 637 g/mol. The number of hydrogen-bond acceptors (Lipinski definition) is 5. The van der Waals surface area contributed by atoms with Crippen LogP contribution < -0.4 is 16.4 Å². The van der Waals surface area contributed by atoms with Gasteiger partial charge < -0.3 is 20.9 Å². The fourth-order valence-electron chi connectivity index (χ4n) is 7.49. The predicted octanol–water partition coefficient (Wildman–Crippen LogP) is 5.62. The number of carbonyl (C=O) groups is 1. The molecule has 8 heteroatoms. The molecule has 0 bridgehead atoms. The van der Waals surface area contributed by atoms with Crippen molar-refractivity contribution in [3.8, 4) is 11.1 Å². The Kier molecular flexibility index (Phi) is 9.73. The van der Waals surface area contributed by atoms with Gasteiger partial charge in [-0.05, 0) is 86.0 Å². The number of halogens is 1. The summed E-state index contributed by atoms with van der Waals surface area (Å²) in [5.41, 5.74) is 13.0. The monoisotopic (exact) mass is 636 g/mol. The van der Waals surface area contributed by atoms with Crippen LogP contribution in [0, 0.1) is 5.82 Å². The molecule has 0 radical (unpaired) electrons. The van der Waals surface area contributed by atoms with Crippen LogP contribution in [-0.4, -0.2) is 71.6 Å². The van der Waals surface area contributed by atoms with E-state index in [1.165, 1.54) is 52.4 Å². The summed E-state index contributed by atoms with van der Waals surface area (Å²) in [6.45, 7) is 8.37. The van der Waals surface area contributed by atoms with Gasteiger partial charge in [0.2, 0.25) is 5.91 Å². The lowest BCUT2D eigenvalue weighted by Gasteiger charge is -2.34. The first kappa shape index (κ1) is 32.0. The topological polar surface area (TPSA) is 78.6 Å². The van der Waals surface area contributed by atoms with Gasteiger partial charge in [0.1, 0.15) is 5.82 Å². The van der Waals surface area contributed by atoms with Crippen LogP contribution in [-0.2, 0) is 24.4 Å². The van der Waals surface area contributed by atoms with E-state index in [0.29, 0.717) is 25.9 Å². The highest BCUT2D eigenvalue weighted by molar-refractivity contribution is 5.96. The third-order valence-electron chi connectivity index (χ3n) is 10.8. The van der Waals surface area contributed by atoms with Crippen LogP contribution in [0.2, 0.25) is 0 Å². The van der Waals surface area contributed by atoms with Crippen molar-refractivity contribution in [3.05, 3.63) is 95.4 Å². The Balaban J connectivity index is 1.04. The van der Waals surface area contributed by atoms with Crippen LogP contribution in [0.25, 0.3) is 22.0 Å². The van der Waals surface area contributed by atoms with Gasteiger partial charge in [0.25, 0.3) is 0 Å². The second kappa shape index (κ2) is 14.3. The van der Waals surface area contributed by atoms with Gasteiger partial charge in [0.15, 0.2) is 0 Å². The molecule has 3 aliphatic rings. The van der Waals surface area contributed by atoms with E-state index in [4.69, 9.17) is 5.73 Å². The quantitative estimate of drug-likeness (QED) is 0.186. The Morgan fingerprint density at radius 1 is 0.936 bits per heavy atom. The fourth-order valence-corrected chi connectivity index (χ4v) is 7.49. The first-order chi connectivity index (χ1) is 22.9. The van der Waals surface area contributed by atoms with Crippen molar-refractivity contribution in [1.29, 1.82) is 0 Å². The third-order valence-corrected chi connectivity index (χ3v) is 10.8. The van der Waals surface area contributed by atoms with E-state index in [1.54, 1.807) is 12.1 Å². The molecule has 2 aliphatic heterocycles. The number of benzene rings is 3. The summed E-state index contributed by atoms with van der Waals surface area (Å²) < 4.78 is 16.6. The van der Waals surface area contributed by atoms with Gasteiger partial charge in [-0.15, -0.1) is 0 Å². The number of aryl methyl sites for hydroxylation is 1. The SMILES string of the molecule is NC1(C(=O)NCCCn2cc(-c3ccc(C4CCC4)cc3)c3cc(CN4CCN(Cc5ccccc5F)CC4)ccc32)CCNCC1. The molecule has 1 saturated carbocycles. The first-order valence-electron chi connectivity index (χ1n) is 17.6. The van der Waals surface area contributed by atoms with Crippen LogP contribution in [0.3, 0.4) is 0 Å². The molecule has 7 nitrogen and oxygen atoms in total. The summed E-state index contributed by atoms with van der Waals surface area (Å²) >= 11 is 0. The lowest BCUT2D eigenvalue weighted by atomic mass is 9.80. The summed E-state index contributed by atoms with van der Waals surface area (Å²) in [6.07, 6.45) is 8.44. The molecular weight excluding hydrogens is 587 g/mol. The molecule has 0 atom stereocenters. The number of piperazine rings is 1. The Bertz CT molecular complexity index is 1660. The van der Waals surface area contributed by atoms with Crippen molar-refractivity contribution in [2.45, 2.75) is 69.6 Å². The number of hydrogen-bond donors (Lipinski definition) is 3. The van der Waals surface area contributed by atoms with E-state index in [0.717, 1.165) is 70.3 Å². The molecular formula is C39H49FN6O. The number of carbonyl (C=O) groups excluding carboxylic acids is 1. The van der Waals surface area contributed by atoms with Crippen molar-refractivity contribution in [3.63, 3.8) is 0 Å². The molecule has 2 saturated heterocycles. The minimum absolute atomic E-state index is 0.0266. The maximum atomic E-state index is 14.2. The smallest absolute Gasteiger partial charge is 0.240 e. The summed E-state index contributed by atoms with van der Waals surface area (Å²) in [4.78, 5) is 17.7. The Labute approximate surface area is 278 Å². The highest BCUT2D eigenvalue weighted by Crippen LogP contribution is 2.38. The number of amides is 1. The van der Waals surface area contributed by atoms with Crippen molar-refractivity contribution >= 4 is 16.8 Å². The zero-order chi connectivity index (χ0) is 32.2. The number of rotatable bonds is 11. The summed E-state index contributed by atoms with van der Waals surface area (Å²) in [5, 5.41) is 7.68. The van der Waals surface area contributed by atoms with Crippen molar-refractivity contribution < 1.29 is 9.18 Å². The van der Waals surface area contributed by atoms with Crippen molar-refractivity contribution in [2.75, 3.05) is 45.8 Å². The summed E-state index contributed by atoms with van der Waals surface area (Å²) in [7, 11) is 0. The zero-order valence-electron chi connectivity index (χ0n) is 27.5. The molecule has 1 amide bonds. The molecule has 248 valence electrons. The van der Waals surface area contributed by atoms with E-state index >= 15 is 0 Å². The van der Waals surface area contributed by atoms with Crippen molar-refractivity contribution in [2.24, 2.45) is 5.73 Å². The number of nitrogens with two attached hydrogens (primary N) is 1. The van der Waals surface area contributed by atoms with Gasteiger partial charge in [-0.1, -0.05) is 55.0 Å². The molecule has 0 spiro atoms. The lowest BCUT2D eigenvalue weighted by Crippen LogP contribution is -2.59. The highest BCUT2D eigenvalue weighted by atomic mass is 19.1. The Morgan fingerprint density at radius 3 is 2.36 bits per heavy atom. The van der Waals surface area contributed by atoms with Crippen LogP contribution in [0.4, 0.5) is 4.39 Å². The summed E-state index contributed by atoms with van der Waals surface area (Å²) in [5.74, 6) is 0.577. The molecule has 7 rings (SSSR count). The lowest BCUT2D eigenvalue weighted by molar-refractivity contribution is -0.127. The van der Waals surface area contributed by atoms with Crippen LogP contribution in [0.5, 0.6) is 0 Å². The second-order valence-electron chi connectivity index (χ2n) is 14.0. The molecule has 1 aliphatic carbocycles. The molecule has 4 N–H and O–H groups in total. The van der Waals surface area contributed by atoms with Gasteiger partial charge in [-0.2, -0.15) is 0 Å². The molecule has 3 fully saturated rings. The summed E-state index contributed by atoms with van der Waals surface area (Å²) in [6, 6.07) is 23.3. The average Bonchev–Trinajstić information content (AvgIpc) is 3.42. The molecule has 3 aromatic carbocycles. The van der Waals surface area contributed by atoms with E-state index in [9.17, 15) is 9.18 Å². The maximum absolute atomic E-state index is 14.2. The zero-order valence-corrected chi connectivity index (χ0v) is 27.5. The van der Waals surface area contributed by atoms with Crippen molar-refractivity contribution in [1.82, 2.24) is 25.0 Å².